The lowest BCUT2D eigenvalue weighted by Gasteiger charge is -2.18. The van der Waals surface area contributed by atoms with E-state index in [9.17, 15) is 4.79 Å². The molecule has 4 atom stereocenters. The average molecular weight is 464 g/mol. The summed E-state index contributed by atoms with van der Waals surface area (Å²) in [4.78, 5) is 14.6. The first kappa shape index (κ1) is 22.5. The van der Waals surface area contributed by atoms with Crippen LogP contribution in [0.3, 0.4) is 0 Å². The first-order valence-electron chi connectivity index (χ1n) is 11.5. The Morgan fingerprint density at radius 3 is 2.59 bits per heavy atom. The lowest BCUT2D eigenvalue weighted by Crippen LogP contribution is -2.45. The third-order valence-electron chi connectivity index (χ3n) is 6.11. The predicted molar refractivity (Wildman–Crippen MR) is 124 cm³/mol. The van der Waals surface area contributed by atoms with E-state index in [4.69, 9.17) is 14.2 Å². The average Bonchev–Trinajstić information content (AvgIpc) is 3.57. The Kier molecular flexibility index (Phi) is 6.84. The lowest BCUT2D eigenvalue weighted by molar-refractivity contribution is -0.124. The fourth-order valence-electron chi connectivity index (χ4n) is 4.52. The van der Waals surface area contributed by atoms with Crippen LogP contribution >= 0.6 is 0 Å². The van der Waals surface area contributed by atoms with Crippen LogP contribution in [0.4, 0.5) is 0 Å². The first-order chi connectivity index (χ1) is 16.7. The van der Waals surface area contributed by atoms with Gasteiger partial charge in [0.05, 0.1) is 31.1 Å². The summed E-state index contributed by atoms with van der Waals surface area (Å²) in [6.07, 6.45) is 1.55. The highest BCUT2D eigenvalue weighted by atomic mass is 16.6. The van der Waals surface area contributed by atoms with Gasteiger partial charge in [0.1, 0.15) is 24.0 Å². The molecule has 5 rings (SSSR count). The molecule has 2 aromatic carbocycles. The van der Waals surface area contributed by atoms with E-state index < -0.39 is 0 Å². The van der Waals surface area contributed by atoms with E-state index in [0.29, 0.717) is 25.5 Å². The van der Waals surface area contributed by atoms with Crippen molar-refractivity contribution in [3.05, 3.63) is 78.1 Å². The van der Waals surface area contributed by atoms with Gasteiger partial charge in [0.2, 0.25) is 0 Å². The molecule has 2 fully saturated rings. The Morgan fingerprint density at radius 2 is 1.79 bits per heavy atom. The van der Waals surface area contributed by atoms with E-state index in [1.54, 1.807) is 0 Å². The number of benzene rings is 2. The van der Waals surface area contributed by atoms with Crippen LogP contribution in [0.25, 0.3) is 0 Å². The number of amides is 1. The smallest absolute Gasteiger partial charge is 0.258 e. The van der Waals surface area contributed by atoms with Gasteiger partial charge in [0, 0.05) is 13.1 Å². The minimum atomic E-state index is -0.223. The Labute approximate surface area is 198 Å². The Balaban J connectivity index is 1.12. The number of nitrogens with one attached hydrogen (secondary N) is 1. The molecule has 178 valence electrons. The molecule has 2 aliphatic rings. The van der Waals surface area contributed by atoms with Crippen molar-refractivity contribution >= 4 is 5.91 Å². The van der Waals surface area contributed by atoms with Gasteiger partial charge in [-0.05, 0) is 24.7 Å². The standard InChI is InChI=1S/C25H29N5O4/c1-29(12-18-8-4-2-5-9-18)13-19-14-30(28-27-19)22-16-34-24-21(15-33-25(22)24)26-23(31)17-32-20-10-6-3-7-11-20/h2-11,14,21-22,24-25H,12-13,15-17H2,1H3,(H,26,31)/t21-,22+,24-,25+/m0/s1. The summed E-state index contributed by atoms with van der Waals surface area (Å²) in [7, 11) is 2.07. The van der Waals surface area contributed by atoms with Gasteiger partial charge in [-0.2, -0.15) is 0 Å². The van der Waals surface area contributed by atoms with E-state index in [0.717, 1.165) is 12.2 Å². The van der Waals surface area contributed by atoms with Gasteiger partial charge in [-0.1, -0.05) is 53.7 Å². The molecule has 1 N–H and O–H groups in total. The molecule has 1 aromatic heterocycles. The van der Waals surface area contributed by atoms with Gasteiger partial charge >= 0.3 is 0 Å². The molecular weight excluding hydrogens is 434 g/mol. The summed E-state index contributed by atoms with van der Waals surface area (Å²) in [6, 6.07) is 19.3. The zero-order valence-electron chi connectivity index (χ0n) is 19.1. The largest absolute Gasteiger partial charge is 0.484 e. The van der Waals surface area contributed by atoms with Gasteiger partial charge in [-0.25, -0.2) is 4.68 Å². The van der Waals surface area contributed by atoms with Crippen LogP contribution in [0, 0.1) is 0 Å². The van der Waals surface area contributed by atoms with Crippen molar-refractivity contribution in [3.8, 4) is 5.75 Å². The van der Waals surface area contributed by atoms with Crippen LogP contribution < -0.4 is 10.1 Å². The zero-order valence-corrected chi connectivity index (χ0v) is 19.1. The zero-order chi connectivity index (χ0) is 23.3. The van der Waals surface area contributed by atoms with Gasteiger partial charge < -0.3 is 19.5 Å². The van der Waals surface area contributed by atoms with Crippen LogP contribution in [0.1, 0.15) is 17.3 Å². The summed E-state index contributed by atoms with van der Waals surface area (Å²) in [5.74, 6) is 0.460. The Morgan fingerprint density at radius 1 is 1.06 bits per heavy atom. The number of fused-ring (bicyclic) bond motifs is 1. The molecule has 3 heterocycles. The van der Waals surface area contributed by atoms with Gasteiger partial charge in [-0.3, -0.25) is 9.69 Å². The fraction of sp³-hybridized carbons (Fsp3) is 0.400. The molecule has 0 bridgehead atoms. The molecule has 9 nitrogen and oxygen atoms in total. The SMILES string of the molecule is CN(Cc1ccccc1)Cc1cn([C@@H]2CO[C@@H]3[C@@H]2OC[C@@H]3NC(=O)COc2ccccc2)nn1. The van der Waals surface area contributed by atoms with Crippen LogP contribution in [0.2, 0.25) is 0 Å². The number of carbonyl (C=O) groups excluding carboxylic acids is 1. The normalized spacial score (nSPS) is 23.7. The van der Waals surface area contributed by atoms with Crippen molar-refractivity contribution in [1.82, 2.24) is 25.2 Å². The van der Waals surface area contributed by atoms with Crippen molar-refractivity contribution in [2.75, 3.05) is 26.9 Å². The highest BCUT2D eigenvalue weighted by molar-refractivity contribution is 5.78. The lowest BCUT2D eigenvalue weighted by atomic mass is 10.1. The molecule has 0 spiro atoms. The molecule has 0 aliphatic carbocycles. The van der Waals surface area contributed by atoms with Gasteiger partial charge in [0.15, 0.2) is 6.61 Å². The molecule has 2 saturated heterocycles. The van der Waals surface area contributed by atoms with Crippen LogP contribution in [0.15, 0.2) is 66.9 Å². The first-order valence-corrected chi connectivity index (χ1v) is 11.5. The molecule has 0 unspecified atom stereocenters. The highest BCUT2D eigenvalue weighted by Gasteiger charge is 2.49. The van der Waals surface area contributed by atoms with Crippen LogP contribution in [0.5, 0.6) is 5.75 Å². The minimum Gasteiger partial charge on any atom is -0.484 e. The summed E-state index contributed by atoms with van der Waals surface area (Å²) in [5.41, 5.74) is 2.15. The van der Waals surface area contributed by atoms with Crippen molar-refractivity contribution < 1.29 is 19.0 Å². The van der Waals surface area contributed by atoms with Gasteiger partial charge in [0.25, 0.3) is 5.91 Å². The fourth-order valence-corrected chi connectivity index (χ4v) is 4.52. The monoisotopic (exact) mass is 463 g/mol. The third kappa shape index (κ3) is 5.27. The van der Waals surface area contributed by atoms with Crippen LogP contribution in [-0.4, -0.2) is 70.9 Å². The maximum absolute atomic E-state index is 12.4. The second-order valence-corrected chi connectivity index (χ2v) is 8.79. The number of hydrogen-bond acceptors (Lipinski definition) is 7. The minimum absolute atomic E-state index is 0.0513. The van der Waals surface area contributed by atoms with Crippen molar-refractivity contribution in [1.29, 1.82) is 0 Å². The van der Waals surface area contributed by atoms with E-state index in [1.165, 1.54) is 5.56 Å². The summed E-state index contributed by atoms with van der Waals surface area (Å²) in [5, 5.41) is 11.7. The second-order valence-electron chi connectivity index (χ2n) is 8.79. The van der Waals surface area contributed by atoms with Crippen molar-refractivity contribution in [2.24, 2.45) is 0 Å². The molecule has 0 radical (unpaired) electrons. The Hall–Kier alpha value is -3.27. The molecule has 1 amide bonds. The van der Waals surface area contributed by atoms with E-state index in [-0.39, 0.29) is 36.8 Å². The maximum Gasteiger partial charge on any atom is 0.258 e. The summed E-state index contributed by atoms with van der Waals surface area (Å²) >= 11 is 0. The van der Waals surface area contributed by atoms with Crippen molar-refractivity contribution in [3.63, 3.8) is 0 Å². The second kappa shape index (κ2) is 10.3. The van der Waals surface area contributed by atoms with E-state index in [2.05, 4.69) is 39.7 Å². The number of para-hydroxylation sites is 1. The Bertz CT molecular complexity index is 1080. The van der Waals surface area contributed by atoms with E-state index in [1.807, 2.05) is 59.4 Å². The summed E-state index contributed by atoms with van der Waals surface area (Å²) < 4.78 is 19.4. The number of nitrogens with zero attached hydrogens (tertiary/aromatic N) is 4. The molecule has 2 aliphatic heterocycles. The molecule has 34 heavy (non-hydrogen) atoms. The number of carbonyl (C=O) groups is 1. The molecule has 9 heteroatoms. The van der Waals surface area contributed by atoms with Gasteiger partial charge in [-0.15, -0.1) is 5.10 Å². The van der Waals surface area contributed by atoms with Crippen molar-refractivity contribution in [2.45, 2.75) is 37.4 Å². The number of aromatic nitrogens is 3. The topological polar surface area (TPSA) is 90.7 Å². The molecule has 0 saturated carbocycles. The predicted octanol–water partition coefficient (Wildman–Crippen LogP) is 1.81. The van der Waals surface area contributed by atoms with E-state index >= 15 is 0 Å². The third-order valence-corrected chi connectivity index (χ3v) is 6.11. The molecular formula is C25H29N5O4. The number of ether oxygens (including phenoxy) is 3. The number of rotatable bonds is 9. The van der Waals surface area contributed by atoms with Crippen LogP contribution in [-0.2, 0) is 27.4 Å². The quantitative estimate of drug-likeness (QED) is 0.518. The molecule has 3 aromatic rings. The number of hydrogen-bond donors (Lipinski definition) is 1. The summed E-state index contributed by atoms with van der Waals surface area (Å²) in [6.45, 7) is 2.33. The maximum atomic E-state index is 12.4. The highest BCUT2D eigenvalue weighted by Crippen LogP contribution is 2.34.